The summed E-state index contributed by atoms with van der Waals surface area (Å²) >= 11 is 0. The molecular weight excluding hydrogens is 291 g/mol. The van der Waals surface area contributed by atoms with Crippen molar-refractivity contribution >= 4 is 19.7 Å². The molecule has 1 saturated heterocycles. The van der Waals surface area contributed by atoms with Gasteiger partial charge >= 0.3 is 0 Å². The summed E-state index contributed by atoms with van der Waals surface area (Å²) in [5.41, 5.74) is 6.90. The van der Waals surface area contributed by atoms with Gasteiger partial charge in [0.2, 0.25) is 5.91 Å². The van der Waals surface area contributed by atoms with Crippen molar-refractivity contribution in [3.63, 3.8) is 0 Å². The number of amides is 1. The highest BCUT2D eigenvalue weighted by Crippen LogP contribution is 2.89. The number of benzene rings is 2. The first-order valence-corrected chi connectivity index (χ1v) is 8.88. The molecule has 22 heavy (non-hydrogen) atoms. The Balaban J connectivity index is 1.81. The minimum atomic E-state index is -0.619. The van der Waals surface area contributed by atoms with Gasteiger partial charge in [-0.25, -0.2) is 4.78 Å². The highest BCUT2D eigenvalue weighted by molar-refractivity contribution is 7.68. The number of rotatable bonds is 0. The van der Waals surface area contributed by atoms with Crippen LogP contribution in [0.4, 0.5) is 0 Å². The van der Waals surface area contributed by atoms with Crippen molar-refractivity contribution in [3.05, 3.63) is 59.7 Å². The zero-order valence-electron chi connectivity index (χ0n) is 12.4. The van der Waals surface area contributed by atoms with Crippen molar-refractivity contribution in [2.75, 3.05) is 0 Å². The standard InChI is InChI=1S/C18H15N2OP/c1-11-17-18(22(17)20(19-11)12(2)21)15-9-5-3-7-13(15)14-8-4-6-10-16(14)18/h3-10,17H,1-2H3. The molecule has 5 rings (SSSR count). The molecule has 0 radical (unpaired) electrons. The van der Waals surface area contributed by atoms with Gasteiger partial charge in [-0.3, -0.25) is 4.79 Å². The average Bonchev–Trinajstić information content (AvgIpc) is 2.97. The molecular formula is C18H15N2OP. The summed E-state index contributed by atoms with van der Waals surface area (Å²) in [5.74, 6) is 0.0618. The second kappa shape index (κ2) is 3.85. The van der Waals surface area contributed by atoms with Gasteiger partial charge in [0, 0.05) is 20.7 Å². The van der Waals surface area contributed by atoms with Gasteiger partial charge < -0.3 is 0 Å². The summed E-state index contributed by atoms with van der Waals surface area (Å²) in [6.07, 6.45) is 0. The Kier molecular flexibility index (Phi) is 2.20. The molecule has 2 atom stereocenters. The van der Waals surface area contributed by atoms with E-state index in [4.69, 9.17) is 0 Å². The lowest BCUT2D eigenvalue weighted by Gasteiger charge is -2.21. The van der Waals surface area contributed by atoms with E-state index < -0.39 is 8.07 Å². The Morgan fingerprint density at radius 2 is 1.64 bits per heavy atom. The lowest BCUT2D eigenvalue weighted by atomic mass is 9.92. The number of carbonyl (C=O) groups excluding carboxylic acids is 1. The summed E-state index contributed by atoms with van der Waals surface area (Å²) in [7, 11) is -0.619. The topological polar surface area (TPSA) is 32.7 Å². The van der Waals surface area contributed by atoms with E-state index in [-0.39, 0.29) is 11.1 Å². The van der Waals surface area contributed by atoms with Crippen LogP contribution in [0.2, 0.25) is 0 Å². The SMILES string of the molecule is CC(=O)N1N=C(C)C2P1C21c2ccccc2-c2ccccc21. The first kappa shape index (κ1) is 12.5. The Morgan fingerprint density at radius 1 is 1.09 bits per heavy atom. The molecule has 2 aromatic carbocycles. The van der Waals surface area contributed by atoms with Crippen molar-refractivity contribution in [3.8, 4) is 11.1 Å². The molecule has 2 heterocycles. The first-order chi connectivity index (χ1) is 10.7. The van der Waals surface area contributed by atoms with Crippen LogP contribution in [-0.2, 0) is 9.95 Å². The molecule has 2 unspecified atom stereocenters. The van der Waals surface area contributed by atoms with Crippen LogP contribution in [-0.4, -0.2) is 22.1 Å². The fourth-order valence-corrected chi connectivity index (χ4v) is 7.80. The Bertz CT molecular complexity index is 827. The van der Waals surface area contributed by atoms with E-state index in [0.717, 1.165) is 5.71 Å². The first-order valence-electron chi connectivity index (χ1n) is 7.52. The van der Waals surface area contributed by atoms with Crippen molar-refractivity contribution in [1.82, 2.24) is 4.78 Å². The van der Waals surface area contributed by atoms with Crippen LogP contribution in [0.25, 0.3) is 11.1 Å². The second-order valence-corrected chi connectivity index (χ2v) is 8.44. The predicted molar refractivity (Wildman–Crippen MR) is 89.0 cm³/mol. The number of hydrazone groups is 1. The summed E-state index contributed by atoms with van der Waals surface area (Å²) < 4.78 is 1.77. The van der Waals surface area contributed by atoms with Crippen molar-refractivity contribution < 1.29 is 4.79 Å². The zero-order chi connectivity index (χ0) is 15.1. The van der Waals surface area contributed by atoms with Crippen LogP contribution >= 0.6 is 8.07 Å². The maximum atomic E-state index is 12.0. The maximum Gasteiger partial charge on any atom is 0.242 e. The Hall–Kier alpha value is -1.99. The number of hydrogen-bond acceptors (Lipinski definition) is 2. The average molecular weight is 306 g/mol. The van der Waals surface area contributed by atoms with Gasteiger partial charge in [0.05, 0.1) is 10.8 Å². The molecule has 0 N–H and O–H groups in total. The van der Waals surface area contributed by atoms with Gasteiger partial charge in [0.15, 0.2) is 0 Å². The minimum Gasteiger partial charge on any atom is -0.273 e. The number of nitrogens with zero attached hydrogens (tertiary/aromatic N) is 2. The van der Waals surface area contributed by atoms with Gasteiger partial charge in [-0.1, -0.05) is 48.5 Å². The molecule has 1 fully saturated rings. The van der Waals surface area contributed by atoms with E-state index in [9.17, 15) is 4.79 Å². The molecule has 1 spiro atoms. The molecule has 2 aliphatic heterocycles. The second-order valence-electron chi connectivity index (χ2n) is 6.15. The van der Waals surface area contributed by atoms with Gasteiger partial charge in [-0.05, 0) is 29.2 Å². The van der Waals surface area contributed by atoms with E-state index in [2.05, 4.69) is 60.6 Å². The van der Waals surface area contributed by atoms with Crippen LogP contribution in [0.1, 0.15) is 25.0 Å². The number of carbonyl (C=O) groups is 1. The van der Waals surface area contributed by atoms with E-state index >= 15 is 0 Å². The normalized spacial score (nSPS) is 25.5. The number of hydrogen-bond donors (Lipinski definition) is 0. The molecule has 0 aromatic heterocycles. The maximum absolute atomic E-state index is 12.0. The lowest BCUT2D eigenvalue weighted by molar-refractivity contribution is -0.124. The summed E-state index contributed by atoms with van der Waals surface area (Å²) in [6.45, 7) is 3.70. The molecule has 108 valence electrons. The van der Waals surface area contributed by atoms with E-state index in [1.807, 2.05) is 0 Å². The lowest BCUT2D eigenvalue weighted by Crippen LogP contribution is -2.22. The quantitative estimate of drug-likeness (QED) is 0.679. The number of fused-ring (bicyclic) bond motifs is 8. The third-order valence-corrected chi connectivity index (χ3v) is 8.25. The Labute approximate surface area is 130 Å². The van der Waals surface area contributed by atoms with Crippen LogP contribution < -0.4 is 0 Å². The van der Waals surface area contributed by atoms with Crippen LogP contribution in [0.3, 0.4) is 0 Å². The Morgan fingerprint density at radius 3 is 2.18 bits per heavy atom. The third kappa shape index (κ3) is 1.20. The van der Waals surface area contributed by atoms with E-state index in [1.165, 1.54) is 22.3 Å². The van der Waals surface area contributed by atoms with E-state index in [0.29, 0.717) is 5.66 Å². The minimum absolute atomic E-state index is 0.0139. The largest absolute Gasteiger partial charge is 0.273 e. The summed E-state index contributed by atoms with van der Waals surface area (Å²) in [6, 6.07) is 17.3. The van der Waals surface area contributed by atoms with Crippen molar-refractivity contribution in [2.24, 2.45) is 5.10 Å². The van der Waals surface area contributed by atoms with Gasteiger partial charge in [0.1, 0.15) is 0 Å². The molecule has 4 heteroatoms. The van der Waals surface area contributed by atoms with Crippen LogP contribution in [0, 0.1) is 0 Å². The van der Waals surface area contributed by atoms with Gasteiger partial charge in [0.25, 0.3) is 0 Å². The highest BCUT2D eigenvalue weighted by Gasteiger charge is 2.76. The third-order valence-electron chi connectivity index (χ3n) is 5.03. The highest BCUT2D eigenvalue weighted by atomic mass is 31.1. The summed E-state index contributed by atoms with van der Waals surface area (Å²) in [5, 5.41) is 4.50. The molecule has 2 aromatic rings. The van der Waals surface area contributed by atoms with Gasteiger partial charge in [-0.15, -0.1) is 0 Å². The predicted octanol–water partition coefficient (Wildman–Crippen LogP) is 3.93. The molecule has 0 saturated carbocycles. The van der Waals surface area contributed by atoms with E-state index in [1.54, 1.807) is 11.7 Å². The zero-order valence-corrected chi connectivity index (χ0v) is 13.3. The van der Waals surface area contributed by atoms with Gasteiger partial charge in [-0.2, -0.15) is 5.10 Å². The fourth-order valence-electron chi connectivity index (χ4n) is 4.28. The summed E-state index contributed by atoms with van der Waals surface area (Å²) in [4.78, 5) is 12.0. The monoisotopic (exact) mass is 306 g/mol. The molecule has 0 bridgehead atoms. The fraction of sp³-hybridized carbons (Fsp3) is 0.222. The molecule has 3 nitrogen and oxygen atoms in total. The molecule has 1 aliphatic carbocycles. The van der Waals surface area contributed by atoms with Crippen LogP contribution in [0.15, 0.2) is 53.6 Å². The van der Waals surface area contributed by atoms with Crippen LogP contribution in [0.5, 0.6) is 0 Å². The molecule has 3 aliphatic rings. The molecule has 1 amide bonds. The van der Waals surface area contributed by atoms with Crippen molar-refractivity contribution in [2.45, 2.75) is 24.7 Å². The smallest absolute Gasteiger partial charge is 0.242 e. The van der Waals surface area contributed by atoms with Crippen molar-refractivity contribution in [1.29, 1.82) is 0 Å².